The maximum atomic E-state index is 9.20. The molecule has 1 rings (SSSR count). The highest BCUT2D eigenvalue weighted by Gasteiger charge is 2.42. The van der Waals surface area contributed by atoms with Crippen molar-refractivity contribution in [2.24, 2.45) is 0 Å². The second-order valence-electron chi connectivity index (χ2n) is 2.69. The molecule has 0 saturated carbocycles. The van der Waals surface area contributed by atoms with Crippen molar-refractivity contribution in [3.8, 4) is 0 Å². The number of aliphatic hydroxyl groups excluding tert-OH is 4. The Labute approximate surface area is 74.2 Å². The third kappa shape index (κ3) is 1.71. The first-order chi connectivity index (χ1) is 5.57. The summed E-state index contributed by atoms with van der Waals surface area (Å²) in [7, 11) is 0. The molecule has 5 nitrogen and oxygen atoms in total. The lowest BCUT2D eigenvalue weighted by Crippen LogP contribution is -2.57. The highest BCUT2D eigenvalue weighted by atomic mass is 35.5. The summed E-state index contributed by atoms with van der Waals surface area (Å²) in [5.41, 5.74) is 0. The number of rotatable bonds is 1. The zero-order valence-electron chi connectivity index (χ0n) is 6.17. The van der Waals surface area contributed by atoms with Crippen molar-refractivity contribution in [3.05, 3.63) is 0 Å². The molecule has 0 aromatic rings. The highest BCUT2D eigenvalue weighted by Crippen LogP contribution is 2.20. The van der Waals surface area contributed by atoms with E-state index in [2.05, 4.69) is 0 Å². The zero-order chi connectivity index (χ0) is 9.30. The van der Waals surface area contributed by atoms with E-state index in [1.54, 1.807) is 0 Å². The van der Waals surface area contributed by atoms with E-state index in [-0.39, 0.29) is 5.88 Å². The van der Waals surface area contributed by atoms with Gasteiger partial charge in [-0.2, -0.15) is 0 Å². The molecule has 12 heavy (non-hydrogen) atoms. The molecule has 0 aromatic heterocycles. The van der Waals surface area contributed by atoms with Gasteiger partial charge >= 0.3 is 0 Å². The Morgan fingerprint density at radius 3 is 2.08 bits per heavy atom. The van der Waals surface area contributed by atoms with Gasteiger partial charge in [-0.3, -0.25) is 0 Å². The molecule has 0 spiro atoms. The quantitative estimate of drug-likeness (QED) is 0.367. The molecule has 0 bridgehead atoms. The van der Waals surface area contributed by atoms with Crippen molar-refractivity contribution in [3.63, 3.8) is 0 Å². The SMILES string of the molecule is O[C@@H]1[C@H](O)[C@@H](O)O[C@H](CCl)[C@H]1O. The van der Waals surface area contributed by atoms with Gasteiger partial charge in [0, 0.05) is 0 Å². The lowest BCUT2D eigenvalue weighted by Gasteiger charge is -2.37. The number of hydrogen-bond acceptors (Lipinski definition) is 5. The minimum absolute atomic E-state index is 0.0536. The largest absolute Gasteiger partial charge is 0.388 e. The van der Waals surface area contributed by atoms with Crippen LogP contribution in [0.2, 0.25) is 0 Å². The van der Waals surface area contributed by atoms with Crippen LogP contribution in [0, 0.1) is 0 Å². The molecule has 0 radical (unpaired) electrons. The molecule has 5 atom stereocenters. The normalized spacial score (nSPS) is 49.2. The molecular formula is C6H11ClO5. The summed E-state index contributed by atoms with van der Waals surface area (Å²) in [6.45, 7) is 0. The van der Waals surface area contributed by atoms with E-state index in [4.69, 9.17) is 31.7 Å². The van der Waals surface area contributed by atoms with E-state index in [1.807, 2.05) is 0 Å². The molecule has 0 amide bonds. The Morgan fingerprint density at radius 2 is 1.58 bits per heavy atom. The van der Waals surface area contributed by atoms with Crippen molar-refractivity contribution in [1.29, 1.82) is 0 Å². The van der Waals surface area contributed by atoms with Crippen LogP contribution in [0.5, 0.6) is 0 Å². The summed E-state index contributed by atoms with van der Waals surface area (Å²) in [6, 6.07) is 0. The number of hydrogen-bond donors (Lipinski definition) is 4. The Kier molecular flexibility index (Phi) is 3.28. The Hall–Kier alpha value is 0.0900. The first-order valence-electron chi connectivity index (χ1n) is 3.51. The number of halogens is 1. The van der Waals surface area contributed by atoms with Crippen LogP contribution in [-0.2, 0) is 4.74 Å². The third-order valence-electron chi connectivity index (χ3n) is 1.84. The van der Waals surface area contributed by atoms with Gasteiger partial charge in [-0.1, -0.05) is 0 Å². The maximum absolute atomic E-state index is 9.20. The van der Waals surface area contributed by atoms with Gasteiger partial charge < -0.3 is 25.2 Å². The second-order valence-corrected chi connectivity index (χ2v) is 3.00. The van der Waals surface area contributed by atoms with Gasteiger partial charge in [0.2, 0.25) is 0 Å². The summed E-state index contributed by atoms with van der Waals surface area (Å²) in [5.74, 6) is -0.0536. The second kappa shape index (κ2) is 3.87. The van der Waals surface area contributed by atoms with Crippen LogP contribution in [0.1, 0.15) is 0 Å². The standard InChI is InChI=1S/C6H11ClO5/c7-1-2-3(8)4(9)5(10)6(11)12-2/h2-6,8-11H,1H2/t2-,3-,4+,5+,6+/m1/s1. The number of alkyl halides is 1. The van der Waals surface area contributed by atoms with E-state index >= 15 is 0 Å². The minimum Gasteiger partial charge on any atom is -0.388 e. The van der Waals surface area contributed by atoms with E-state index in [0.29, 0.717) is 0 Å². The Balaban J connectivity index is 2.63. The zero-order valence-corrected chi connectivity index (χ0v) is 6.92. The van der Waals surface area contributed by atoms with Crippen molar-refractivity contribution < 1.29 is 25.2 Å². The van der Waals surface area contributed by atoms with E-state index in [9.17, 15) is 5.11 Å². The van der Waals surface area contributed by atoms with Crippen LogP contribution in [-0.4, -0.2) is 57.0 Å². The molecule has 1 aliphatic heterocycles. The van der Waals surface area contributed by atoms with E-state index in [1.165, 1.54) is 0 Å². The predicted molar refractivity (Wildman–Crippen MR) is 39.6 cm³/mol. The highest BCUT2D eigenvalue weighted by molar-refractivity contribution is 6.18. The van der Waals surface area contributed by atoms with Crippen LogP contribution in [0.4, 0.5) is 0 Å². The molecule has 1 heterocycles. The lowest BCUT2D eigenvalue weighted by atomic mass is 10.0. The van der Waals surface area contributed by atoms with Crippen molar-refractivity contribution >= 4 is 11.6 Å². The van der Waals surface area contributed by atoms with E-state index in [0.717, 1.165) is 0 Å². The molecule has 1 fully saturated rings. The Bertz CT molecular complexity index is 150. The first-order valence-corrected chi connectivity index (χ1v) is 4.05. The fourth-order valence-electron chi connectivity index (χ4n) is 1.06. The fraction of sp³-hybridized carbons (Fsp3) is 1.00. The summed E-state index contributed by atoms with van der Waals surface area (Å²) in [5, 5.41) is 36.3. The van der Waals surface area contributed by atoms with Crippen LogP contribution in [0.15, 0.2) is 0 Å². The minimum atomic E-state index is -1.49. The van der Waals surface area contributed by atoms with Gasteiger partial charge in [-0.15, -0.1) is 11.6 Å². The van der Waals surface area contributed by atoms with Gasteiger partial charge in [-0.05, 0) is 0 Å². The molecule has 1 aliphatic rings. The summed E-state index contributed by atoms with van der Waals surface area (Å²) < 4.78 is 4.69. The van der Waals surface area contributed by atoms with Gasteiger partial charge in [0.05, 0.1) is 5.88 Å². The van der Waals surface area contributed by atoms with Gasteiger partial charge in [0.1, 0.15) is 24.4 Å². The average molecular weight is 199 g/mol. The summed E-state index contributed by atoms with van der Waals surface area (Å²) in [6.07, 6.45) is -6.51. The Morgan fingerprint density at radius 1 is 1.00 bits per heavy atom. The molecule has 0 unspecified atom stereocenters. The van der Waals surface area contributed by atoms with Crippen LogP contribution in [0.3, 0.4) is 0 Å². The van der Waals surface area contributed by atoms with Gasteiger partial charge in [0.25, 0.3) is 0 Å². The van der Waals surface area contributed by atoms with Crippen molar-refractivity contribution in [2.45, 2.75) is 30.7 Å². The van der Waals surface area contributed by atoms with E-state index < -0.39 is 30.7 Å². The van der Waals surface area contributed by atoms with Gasteiger partial charge in [0.15, 0.2) is 6.29 Å². The van der Waals surface area contributed by atoms with Gasteiger partial charge in [-0.25, -0.2) is 0 Å². The van der Waals surface area contributed by atoms with Crippen LogP contribution < -0.4 is 0 Å². The monoisotopic (exact) mass is 198 g/mol. The fourth-order valence-corrected chi connectivity index (χ4v) is 1.31. The van der Waals surface area contributed by atoms with Crippen molar-refractivity contribution in [1.82, 2.24) is 0 Å². The maximum Gasteiger partial charge on any atom is 0.184 e. The molecule has 1 saturated heterocycles. The first kappa shape index (κ1) is 10.2. The average Bonchev–Trinajstić information content (AvgIpc) is 2.08. The summed E-state index contributed by atoms with van der Waals surface area (Å²) in [4.78, 5) is 0. The molecule has 6 heteroatoms. The number of aliphatic hydroxyl groups is 4. The lowest BCUT2D eigenvalue weighted by molar-refractivity contribution is -0.276. The molecule has 0 aromatic carbocycles. The predicted octanol–water partition coefficient (Wildman–Crippen LogP) is -1.97. The number of ether oxygens (including phenoxy) is 1. The smallest absolute Gasteiger partial charge is 0.184 e. The molecule has 72 valence electrons. The van der Waals surface area contributed by atoms with Crippen LogP contribution >= 0.6 is 11.6 Å². The molecular weight excluding hydrogens is 188 g/mol. The molecule has 4 N–H and O–H groups in total. The van der Waals surface area contributed by atoms with Crippen LogP contribution in [0.25, 0.3) is 0 Å². The third-order valence-corrected chi connectivity index (χ3v) is 2.14. The van der Waals surface area contributed by atoms with Crippen molar-refractivity contribution in [2.75, 3.05) is 5.88 Å². The summed E-state index contributed by atoms with van der Waals surface area (Å²) >= 11 is 5.36. The topological polar surface area (TPSA) is 90.2 Å². The molecule has 0 aliphatic carbocycles.